The number of sulfonamides is 1. The summed E-state index contributed by atoms with van der Waals surface area (Å²) in [4.78, 5) is 0. The highest BCUT2D eigenvalue weighted by Crippen LogP contribution is 2.34. The first-order valence-corrected chi connectivity index (χ1v) is 7.98. The van der Waals surface area contributed by atoms with Crippen molar-refractivity contribution in [2.75, 3.05) is 11.2 Å². The van der Waals surface area contributed by atoms with Crippen molar-refractivity contribution < 1.29 is 8.42 Å². The van der Waals surface area contributed by atoms with E-state index >= 15 is 0 Å². The first kappa shape index (κ1) is 12.1. The van der Waals surface area contributed by atoms with Crippen molar-refractivity contribution in [3.8, 4) is 0 Å². The molecule has 0 radical (unpaired) electrons. The fraction of sp³-hybridized carbons (Fsp3) is 0.455. The Kier molecular flexibility index (Phi) is 3.66. The molecule has 1 aromatic carbocycles. The Labute approximate surface area is 105 Å². The molecule has 0 saturated carbocycles. The van der Waals surface area contributed by atoms with Gasteiger partial charge in [0.15, 0.2) is 0 Å². The zero-order valence-corrected chi connectivity index (χ0v) is 11.2. The Morgan fingerprint density at radius 2 is 2.00 bits per heavy atom. The van der Waals surface area contributed by atoms with Crippen LogP contribution in [0.4, 0.5) is 0 Å². The summed E-state index contributed by atoms with van der Waals surface area (Å²) in [6.07, 6.45) is 1.85. The number of nitrogens with zero attached hydrogens (tertiary/aromatic N) is 1. The molecule has 0 aliphatic carbocycles. The zero-order valence-electron chi connectivity index (χ0n) is 8.84. The van der Waals surface area contributed by atoms with Crippen molar-refractivity contribution in [1.82, 2.24) is 4.31 Å². The van der Waals surface area contributed by atoms with Crippen LogP contribution < -0.4 is 0 Å². The maximum Gasteiger partial charge on any atom is 0.224 e. The van der Waals surface area contributed by atoms with E-state index in [-0.39, 0.29) is 10.7 Å². The van der Waals surface area contributed by atoms with Crippen LogP contribution in [0.3, 0.4) is 0 Å². The van der Waals surface area contributed by atoms with Gasteiger partial charge in [0, 0.05) is 12.6 Å². The molecule has 0 aromatic heterocycles. The molecule has 1 heterocycles. The van der Waals surface area contributed by atoms with Crippen LogP contribution in [0.2, 0.25) is 0 Å². The number of hydrogen-bond donors (Lipinski definition) is 0. The van der Waals surface area contributed by atoms with Gasteiger partial charge >= 0.3 is 0 Å². The Morgan fingerprint density at radius 1 is 1.31 bits per heavy atom. The molecule has 1 saturated heterocycles. The first-order chi connectivity index (χ1) is 7.65. The van der Waals surface area contributed by atoms with Crippen LogP contribution in [0, 0.1) is 0 Å². The van der Waals surface area contributed by atoms with Crippen molar-refractivity contribution in [2.24, 2.45) is 0 Å². The van der Waals surface area contributed by atoms with E-state index in [1.54, 1.807) is 4.31 Å². The summed E-state index contributed by atoms with van der Waals surface area (Å²) in [5, 5.41) is 0. The van der Waals surface area contributed by atoms with Crippen molar-refractivity contribution in [3.63, 3.8) is 0 Å². The van der Waals surface area contributed by atoms with E-state index in [9.17, 15) is 8.42 Å². The van der Waals surface area contributed by atoms with Gasteiger partial charge in [-0.1, -0.05) is 46.3 Å². The summed E-state index contributed by atoms with van der Waals surface area (Å²) in [6.45, 7) is 0.632. The number of benzene rings is 1. The summed E-state index contributed by atoms with van der Waals surface area (Å²) in [6, 6.07) is 9.85. The van der Waals surface area contributed by atoms with Crippen LogP contribution in [-0.2, 0) is 10.0 Å². The summed E-state index contributed by atoms with van der Waals surface area (Å²) >= 11 is 3.05. The monoisotopic (exact) mass is 303 g/mol. The lowest BCUT2D eigenvalue weighted by molar-refractivity contribution is 0.400. The third kappa shape index (κ3) is 2.31. The van der Waals surface area contributed by atoms with Crippen molar-refractivity contribution in [2.45, 2.75) is 18.9 Å². The van der Waals surface area contributed by atoms with Crippen LogP contribution >= 0.6 is 15.9 Å². The Balaban J connectivity index is 2.29. The second-order valence-electron chi connectivity index (χ2n) is 3.90. The van der Waals surface area contributed by atoms with Gasteiger partial charge in [-0.2, -0.15) is 4.31 Å². The summed E-state index contributed by atoms with van der Waals surface area (Å²) in [5.74, 6) is 0. The molecule has 1 aliphatic rings. The molecule has 0 N–H and O–H groups in total. The lowest BCUT2D eigenvalue weighted by Gasteiger charge is -2.23. The highest BCUT2D eigenvalue weighted by molar-refractivity contribution is 9.10. The van der Waals surface area contributed by atoms with E-state index < -0.39 is 10.0 Å². The standard InChI is InChI=1S/C11H14BrNO2S/c12-9-16(14,15)13-8-4-7-11(13)10-5-2-1-3-6-10/h1-3,5-6,11H,4,7-9H2. The topological polar surface area (TPSA) is 37.4 Å². The average Bonchev–Trinajstić information content (AvgIpc) is 2.80. The first-order valence-electron chi connectivity index (χ1n) is 5.25. The Morgan fingerprint density at radius 3 is 2.62 bits per heavy atom. The predicted octanol–water partition coefficient (Wildman–Crippen LogP) is 2.51. The van der Waals surface area contributed by atoms with Gasteiger partial charge < -0.3 is 0 Å². The minimum absolute atomic E-state index is 0.00331. The van der Waals surface area contributed by atoms with E-state index in [4.69, 9.17) is 0 Å². The van der Waals surface area contributed by atoms with Crippen LogP contribution in [-0.4, -0.2) is 23.9 Å². The van der Waals surface area contributed by atoms with Gasteiger partial charge in [0.1, 0.15) is 4.66 Å². The van der Waals surface area contributed by atoms with Gasteiger partial charge in [-0.15, -0.1) is 0 Å². The van der Waals surface area contributed by atoms with E-state index in [0.717, 1.165) is 18.4 Å². The zero-order chi connectivity index (χ0) is 11.6. The molecule has 1 atom stereocenters. The molecule has 0 spiro atoms. The molecule has 16 heavy (non-hydrogen) atoms. The van der Waals surface area contributed by atoms with Crippen molar-refractivity contribution in [3.05, 3.63) is 35.9 Å². The van der Waals surface area contributed by atoms with Gasteiger partial charge in [0.05, 0.1) is 0 Å². The summed E-state index contributed by atoms with van der Waals surface area (Å²) in [7, 11) is -3.15. The van der Waals surface area contributed by atoms with Crippen molar-refractivity contribution >= 4 is 26.0 Å². The molecule has 1 aliphatic heterocycles. The number of rotatable bonds is 3. The lowest BCUT2D eigenvalue weighted by atomic mass is 10.1. The largest absolute Gasteiger partial charge is 0.224 e. The van der Waals surface area contributed by atoms with E-state index in [1.165, 1.54) is 0 Å². The summed E-state index contributed by atoms with van der Waals surface area (Å²) < 4.78 is 25.3. The molecule has 1 aromatic rings. The van der Waals surface area contributed by atoms with E-state index in [1.807, 2.05) is 30.3 Å². The molecule has 1 unspecified atom stereocenters. The maximum absolute atomic E-state index is 11.9. The van der Waals surface area contributed by atoms with Gasteiger partial charge in [-0.25, -0.2) is 8.42 Å². The molecule has 0 bridgehead atoms. The average molecular weight is 304 g/mol. The summed E-state index contributed by atoms with van der Waals surface area (Å²) in [5.41, 5.74) is 1.09. The second kappa shape index (κ2) is 4.85. The highest BCUT2D eigenvalue weighted by atomic mass is 79.9. The Hall–Kier alpha value is -0.390. The van der Waals surface area contributed by atoms with E-state index in [2.05, 4.69) is 15.9 Å². The van der Waals surface area contributed by atoms with Crippen LogP contribution in [0.5, 0.6) is 0 Å². The molecule has 3 nitrogen and oxygen atoms in total. The molecule has 0 amide bonds. The van der Waals surface area contributed by atoms with Crippen molar-refractivity contribution in [1.29, 1.82) is 0 Å². The van der Waals surface area contributed by atoms with Gasteiger partial charge in [-0.05, 0) is 18.4 Å². The maximum atomic E-state index is 11.9. The fourth-order valence-electron chi connectivity index (χ4n) is 2.14. The highest BCUT2D eigenvalue weighted by Gasteiger charge is 2.34. The number of alkyl halides is 1. The van der Waals surface area contributed by atoms with Crippen LogP contribution in [0.15, 0.2) is 30.3 Å². The molecule has 88 valence electrons. The lowest BCUT2D eigenvalue weighted by Crippen LogP contribution is -2.31. The molecule has 5 heteroatoms. The molecule has 1 fully saturated rings. The smallest absolute Gasteiger partial charge is 0.211 e. The molecule has 2 rings (SSSR count). The van der Waals surface area contributed by atoms with Crippen LogP contribution in [0.25, 0.3) is 0 Å². The van der Waals surface area contributed by atoms with Gasteiger partial charge in [0.2, 0.25) is 10.0 Å². The minimum atomic E-state index is -3.15. The second-order valence-corrected chi connectivity index (χ2v) is 7.12. The normalized spacial score (nSPS) is 22.4. The third-order valence-corrected chi connectivity index (χ3v) is 6.05. The van der Waals surface area contributed by atoms with E-state index in [0.29, 0.717) is 6.54 Å². The predicted molar refractivity (Wildman–Crippen MR) is 67.8 cm³/mol. The quantitative estimate of drug-likeness (QED) is 0.805. The van der Waals surface area contributed by atoms with Crippen LogP contribution in [0.1, 0.15) is 24.4 Å². The molecular weight excluding hydrogens is 290 g/mol. The number of hydrogen-bond acceptors (Lipinski definition) is 2. The number of halogens is 1. The fourth-order valence-corrected chi connectivity index (χ4v) is 4.08. The molecular formula is C11H14BrNO2S. The third-order valence-electron chi connectivity index (χ3n) is 2.88. The van der Waals surface area contributed by atoms with Gasteiger partial charge in [-0.3, -0.25) is 0 Å². The van der Waals surface area contributed by atoms with Gasteiger partial charge in [0.25, 0.3) is 0 Å². The SMILES string of the molecule is O=S(=O)(CBr)N1CCCC1c1ccccc1. The Bertz CT molecular complexity index is 446. The minimum Gasteiger partial charge on any atom is -0.211 e.